The smallest absolute Gasteiger partial charge is 0.122 e. The molecule has 0 aliphatic carbocycles. The molecule has 1 N–H and O–H groups in total. The van der Waals surface area contributed by atoms with Crippen molar-refractivity contribution in [3.8, 4) is 0 Å². The maximum Gasteiger partial charge on any atom is 0.122 e. The van der Waals surface area contributed by atoms with E-state index in [4.69, 9.17) is 4.74 Å². The molecule has 1 aliphatic heterocycles. The van der Waals surface area contributed by atoms with Crippen LogP contribution in [-0.2, 0) is 11.3 Å². The minimum Gasteiger partial charge on any atom is -0.384 e. The van der Waals surface area contributed by atoms with Gasteiger partial charge in [-0.15, -0.1) is 0 Å². The lowest BCUT2D eigenvalue weighted by atomic mass is 10.1. The minimum absolute atomic E-state index is 0.0919. The number of thioether (sulfide) groups is 1. The van der Waals surface area contributed by atoms with Gasteiger partial charge >= 0.3 is 0 Å². The van der Waals surface area contributed by atoms with Crippen LogP contribution in [0.5, 0.6) is 0 Å². The molecule has 4 nitrogen and oxygen atoms in total. The van der Waals surface area contributed by atoms with Crippen LogP contribution in [0.3, 0.4) is 0 Å². The highest BCUT2D eigenvalue weighted by molar-refractivity contribution is 7.99. The van der Waals surface area contributed by atoms with E-state index in [9.17, 15) is 5.11 Å². The maximum atomic E-state index is 10.1. The Morgan fingerprint density at radius 2 is 2.67 bits per heavy atom. The third-order valence-corrected chi connectivity index (χ3v) is 3.57. The lowest BCUT2D eigenvalue weighted by molar-refractivity contribution is -0.0264. The van der Waals surface area contributed by atoms with Crippen LogP contribution in [0.1, 0.15) is 18.7 Å². The number of hydrogen-bond donors (Lipinski definition) is 1. The molecular formula is C10H16N2O2S. The van der Waals surface area contributed by atoms with Crippen molar-refractivity contribution in [1.82, 2.24) is 9.78 Å². The van der Waals surface area contributed by atoms with Crippen LogP contribution >= 0.6 is 11.8 Å². The molecule has 0 aromatic carbocycles. The van der Waals surface area contributed by atoms with Crippen LogP contribution in [0.4, 0.5) is 0 Å². The fourth-order valence-electron chi connectivity index (χ4n) is 1.74. The summed E-state index contributed by atoms with van der Waals surface area (Å²) in [5.74, 6) is 1.88. The van der Waals surface area contributed by atoms with Crippen LogP contribution in [0, 0.1) is 0 Å². The van der Waals surface area contributed by atoms with E-state index in [1.807, 2.05) is 29.4 Å². The first-order chi connectivity index (χ1) is 7.33. The summed E-state index contributed by atoms with van der Waals surface area (Å²) >= 11 is 1.83. The fraction of sp³-hybridized carbons (Fsp3) is 0.700. The summed E-state index contributed by atoms with van der Waals surface area (Å²) in [4.78, 5) is 0. The van der Waals surface area contributed by atoms with E-state index in [1.54, 1.807) is 6.20 Å². The third-order valence-electron chi connectivity index (χ3n) is 2.55. The Kier molecular flexibility index (Phi) is 3.66. The molecule has 2 heterocycles. The van der Waals surface area contributed by atoms with E-state index in [0.717, 1.165) is 30.4 Å². The average Bonchev–Trinajstić information content (AvgIpc) is 2.77. The van der Waals surface area contributed by atoms with Crippen molar-refractivity contribution in [3.63, 3.8) is 0 Å². The van der Waals surface area contributed by atoms with E-state index >= 15 is 0 Å². The molecule has 1 saturated heterocycles. The first-order valence-electron chi connectivity index (χ1n) is 5.22. The summed E-state index contributed by atoms with van der Waals surface area (Å²) in [6.07, 6.45) is 1.07. The van der Waals surface area contributed by atoms with Crippen LogP contribution in [0.15, 0.2) is 12.3 Å². The molecule has 2 rings (SSSR count). The van der Waals surface area contributed by atoms with Gasteiger partial charge in [0.1, 0.15) is 6.10 Å². The van der Waals surface area contributed by atoms with Crippen LogP contribution in [-0.4, -0.2) is 39.1 Å². The second-order valence-corrected chi connectivity index (χ2v) is 4.65. The maximum absolute atomic E-state index is 10.1. The molecule has 2 atom stereocenters. The topological polar surface area (TPSA) is 47.3 Å². The van der Waals surface area contributed by atoms with Gasteiger partial charge in [-0.05, 0) is 13.0 Å². The molecule has 2 unspecified atom stereocenters. The molecule has 0 radical (unpaired) electrons. The number of rotatable bonds is 3. The number of ether oxygens (including phenoxy) is 1. The van der Waals surface area contributed by atoms with Crippen molar-refractivity contribution >= 4 is 11.8 Å². The molecule has 0 spiro atoms. The molecular weight excluding hydrogens is 212 g/mol. The highest BCUT2D eigenvalue weighted by atomic mass is 32.2. The Bertz CT molecular complexity index is 310. The minimum atomic E-state index is -0.555. The van der Waals surface area contributed by atoms with Gasteiger partial charge in [0.05, 0.1) is 18.4 Å². The molecule has 0 saturated carbocycles. The van der Waals surface area contributed by atoms with Crippen molar-refractivity contribution in [2.45, 2.75) is 25.7 Å². The fourth-order valence-corrected chi connectivity index (χ4v) is 2.63. The summed E-state index contributed by atoms with van der Waals surface area (Å²) < 4.78 is 7.36. The Hall–Kier alpha value is -0.520. The van der Waals surface area contributed by atoms with Gasteiger partial charge in [0.2, 0.25) is 0 Å². The Balaban J connectivity index is 2.08. The van der Waals surface area contributed by atoms with Gasteiger partial charge in [-0.3, -0.25) is 4.68 Å². The number of aryl methyl sites for hydroxylation is 1. The van der Waals surface area contributed by atoms with Gasteiger partial charge < -0.3 is 9.84 Å². The molecule has 1 fully saturated rings. The molecule has 0 amide bonds. The molecule has 0 bridgehead atoms. The zero-order chi connectivity index (χ0) is 10.7. The predicted octanol–water partition coefficient (Wildman–Crippen LogP) is 1.07. The van der Waals surface area contributed by atoms with Gasteiger partial charge in [0.15, 0.2) is 0 Å². The average molecular weight is 228 g/mol. The van der Waals surface area contributed by atoms with Gasteiger partial charge in [-0.2, -0.15) is 16.9 Å². The Morgan fingerprint density at radius 3 is 3.33 bits per heavy atom. The zero-order valence-corrected chi connectivity index (χ0v) is 9.61. The lowest BCUT2D eigenvalue weighted by Gasteiger charge is -2.26. The summed E-state index contributed by atoms with van der Waals surface area (Å²) in [6.45, 7) is 3.52. The number of aliphatic hydroxyl groups excluding tert-OH is 1. The second kappa shape index (κ2) is 5.01. The van der Waals surface area contributed by atoms with E-state index < -0.39 is 6.10 Å². The van der Waals surface area contributed by atoms with E-state index in [1.165, 1.54) is 0 Å². The first-order valence-corrected chi connectivity index (χ1v) is 6.37. The molecule has 1 aliphatic rings. The van der Waals surface area contributed by atoms with Gasteiger partial charge in [0.25, 0.3) is 0 Å². The number of aromatic nitrogens is 2. The summed E-state index contributed by atoms with van der Waals surface area (Å²) in [5.41, 5.74) is 0.852. The first kappa shape index (κ1) is 11.0. The van der Waals surface area contributed by atoms with Crippen molar-refractivity contribution in [2.24, 2.45) is 0 Å². The Labute approximate surface area is 93.6 Å². The van der Waals surface area contributed by atoms with E-state index in [2.05, 4.69) is 5.10 Å². The van der Waals surface area contributed by atoms with Crippen molar-refractivity contribution < 1.29 is 9.84 Å². The number of nitrogens with zero attached hydrogens (tertiary/aromatic N) is 2. The quantitative estimate of drug-likeness (QED) is 0.840. The summed E-state index contributed by atoms with van der Waals surface area (Å²) in [7, 11) is 0. The van der Waals surface area contributed by atoms with Gasteiger partial charge in [0, 0.05) is 24.2 Å². The zero-order valence-electron chi connectivity index (χ0n) is 8.80. The number of aliphatic hydroxyl groups is 1. The predicted molar refractivity (Wildman–Crippen MR) is 59.9 cm³/mol. The third kappa shape index (κ3) is 2.35. The van der Waals surface area contributed by atoms with Crippen LogP contribution in [0.2, 0.25) is 0 Å². The molecule has 1 aromatic rings. The molecule has 84 valence electrons. The van der Waals surface area contributed by atoms with E-state index in [0.29, 0.717) is 0 Å². The van der Waals surface area contributed by atoms with E-state index in [-0.39, 0.29) is 6.10 Å². The standard InChI is InChI=1S/C10H16N2O2S/c1-2-12-8(3-4-11-12)10(13)9-7-15-6-5-14-9/h3-4,9-10,13H,2,5-7H2,1H3. The monoisotopic (exact) mass is 228 g/mol. The van der Waals surface area contributed by atoms with Crippen molar-refractivity contribution in [2.75, 3.05) is 18.1 Å². The second-order valence-electron chi connectivity index (χ2n) is 3.50. The molecule has 1 aromatic heterocycles. The highest BCUT2D eigenvalue weighted by Crippen LogP contribution is 2.25. The van der Waals surface area contributed by atoms with Gasteiger partial charge in [-0.1, -0.05) is 0 Å². The summed E-state index contributed by atoms with van der Waals surface area (Å²) in [6, 6.07) is 1.86. The highest BCUT2D eigenvalue weighted by Gasteiger charge is 2.26. The van der Waals surface area contributed by atoms with Crippen molar-refractivity contribution in [3.05, 3.63) is 18.0 Å². The molecule has 5 heteroatoms. The molecule has 15 heavy (non-hydrogen) atoms. The number of hydrogen-bond acceptors (Lipinski definition) is 4. The Morgan fingerprint density at radius 1 is 1.80 bits per heavy atom. The van der Waals surface area contributed by atoms with Crippen LogP contribution in [0.25, 0.3) is 0 Å². The summed E-state index contributed by atoms with van der Waals surface area (Å²) in [5, 5.41) is 14.3. The van der Waals surface area contributed by atoms with Crippen LogP contribution < -0.4 is 0 Å². The lowest BCUT2D eigenvalue weighted by Crippen LogP contribution is -2.31. The van der Waals surface area contributed by atoms with Gasteiger partial charge in [-0.25, -0.2) is 0 Å². The van der Waals surface area contributed by atoms with Crippen molar-refractivity contribution in [1.29, 1.82) is 0 Å². The normalized spacial score (nSPS) is 24.0. The largest absolute Gasteiger partial charge is 0.384 e. The SMILES string of the molecule is CCn1nccc1C(O)C1CSCCO1.